The first kappa shape index (κ1) is 12.4. The Hall–Kier alpha value is -0.0800. The van der Waals surface area contributed by atoms with Gasteiger partial charge < -0.3 is 10.2 Å². The van der Waals surface area contributed by atoms with Gasteiger partial charge in [0.2, 0.25) is 0 Å². The molecule has 0 amide bonds. The highest BCUT2D eigenvalue weighted by Gasteiger charge is 2.31. The van der Waals surface area contributed by atoms with Gasteiger partial charge in [0.15, 0.2) is 0 Å². The largest absolute Gasteiger partial charge is 0.317 e. The minimum atomic E-state index is 0.877. The fraction of sp³-hybridized carbons (Fsp3) is 1.00. The molecule has 0 bridgehead atoms. The SMILES string of the molecule is CC1CCCC(N2CCCNCCC2)C1C. The Morgan fingerprint density at radius 2 is 1.62 bits per heavy atom. The van der Waals surface area contributed by atoms with Crippen molar-refractivity contribution < 1.29 is 0 Å². The van der Waals surface area contributed by atoms with Crippen LogP contribution in [0.4, 0.5) is 0 Å². The van der Waals surface area contributed by atoms with Gasteiger partial charge in [-0.3, -0.25) is 0 Å². The summed E-state index contributed by atoms with van der Waals surface area (Å²) < 4.78 is 0. The molecule has 1 N–H and O–H groups in total. The second-order valence-corrected chi connectivity index (χ2v) is 5.83. The Morgan fingerprint density at radius 3 is 2.31 bits per heavy atom. The first-order valence-electron chi connectivity index (χ1n) is 7.24. The van der Waals surface area contributed by atoms with Crippen molar-refractivity contribution >= 4 is 0 Å². The number of nitrogens with one attached hydrogen (secondary N) is 1. The first-order chi connectivity index (χ1) is 7.79. The molecule has 2 nitrogen and oxygen atoms in total. The number of hydrogen-bond donors (Lipinski definition) is 1. The molecule has 1 saturated carbocycles. The summed E-state index contributed by atoms with van der Waals surface area (Å²) in [5.74, 6) is 1.84. The van der Waals surface area contributed by atoms with Crippen LogP contribution in [0.15, 0.2) is 0 Å². The van der Waals surface area contributed by atoms with Crippen LogP contribution in [0.3, 0.4) is 0 Å². The number of hydrogen-bond acceptors (Lipinski definition) is 2. The van der Waals surface area contributed by atoms with Crippen molar-refractivity contribution in [1.82, 2.24) is 10.2 Å². The zero-order chi connectivity index (χ0) is 11.4. The van der Waals surface area contributed by atoms with Crippen LogP contribution in [0.1, 0.15) is 46.0 Å². The molecule has 0 aromatic rings. The van der Waals surface area contributed by atoms with Crippen LogP contribution in [0, 0.1) is 11.8 Å². The minimum Gasteiger partial charge on any atom is -0.317 e. The molecule has 0 aromatic heterocycles. The van der Waals surface area contributed by atoms with Crippen LogP contribution in [0.2, 0.25) is 0 Å². The van der Waals surface area contributed by atoms with Gasteiger partial charge >= 0.3 is 0 Å². The van der Waals surface area contributed by atoms with Crippen molar-refractivity contribution in [3.8, 4) is 0 Å². The van der Waals surface area contributed by atoms with E-state index in [9.17, 15) is 0 Å². The molecule has 0 spiro atoms. The molecule has 16 heavy (non-hydrogen) atoms. The molecule has 3 atom stereocenters. The molecule has 0 aromatic carbocycles. The van der Waals surface area contributed by atoms with Crippen molar-refractivity contribution in [2.75, 3.05) is 26.2 Å². The van der Waals surface area contributed by atoms with Gasteiger partial charge in [0, 0.05) is 6.04 Å². The van der Waals surface area contributed by atoms with E-state index in [0.29, 0.717) is 0 Å². The molecule has 2 fully saturated rings. The van der Waals surface area contributed by atoms with Gasteiger partial charge in [0.25, 0.3) is 0 Å². The van der Waals surface area contributed by atoms with Crippen LogP contribution in [-0.4, -0.2) is 37.1 Å². The molecule has 94 valence electrons. The second kappa shape index (κ2) is 6.02. The predicted octanol–water partition coefficient (Wildman–Crippen LogP) is 2.50. The van der Waals surface area contributed by atoms with Crippen molar-refractivity contribution in [1.29, 1.82) is 0 Å². The minimum absolute atomic E-state index is 0.877. The van der Waals surface area contributed by atoms with Crippen LogP contribution in [0.25, 0.3) is 0 Å². The van der Waals surface area contributed by atoms with Gasteiger partial charge in [-0.05, 0) is 57.3 Å². The Kier molecular flexibility index (Phi) is 4.66. The molecule has 1 aliphatic carbocycles. The van der Waals surface area contributed by atoms with E-state index in [-0.39, 0.29) is 0 Å². The average molecular weight is 224 g/mol. The lowest BCUT2D eigenvalue weighted by Crippen LogP contribution is -2.46. The fourth-order valence-corrected chi connectivity index (χ4v) is 3.45. The summed E-state index contributed by atoms with van der Waals surface area (Å²) in [5.41, 5.74) is 0. The first-order valence-corrected chi connectivity index (χ1v) is 7.24. The van der Waals surface area contributed by atoms with Crippen LogP contribution in [0.5, 0.6) is 0 Å². The third kappa shape index (κ3) is 2.98. The zero-order valence-electron chi connectivity index (χ0n) is 11.0. The van der Waals surface area contributed by atoms with Crippen molar-refractivity contribution in [3.05, 3.63) is 0 Å². The van der Waals surface area contributed by atoms with E-state index >= 15 is 0 Å². The number of nitrogens with zero attached hydrogens (tertiary/aromatic N) is 1. The number of rotatable bonds is 1. The lowest BCUT2D eigenvalue weighted by Gasteiger charge is -2.42. The zero-order valence-corrected chi connectivity index (χ0v) is 11.0. The average Bonchev–Trinajstić information content (AvgIpc) is 2.23. The van der Waals surface area contributed by atoms with Crippen LogP contribution >= 0.6 is 0 Å². The van der Waals surface area contributed by atoms with Gasteiger partial charge in [-0.1, -0.05) is 26.7 Å². The smallest absolute Gasteiger partial charge is 0.0123 e. The summed E-state index contributed by atoms with van der Waals surface area (Å²) in [5, 5.41) is 3.50. The molecule has 2 rings (SSSR count). The summed E-state index contributed by atoms with van der Waals surface area (Å²) in [7, 11) is 0. The Labute approximate surface area is 101 Å². The molecule has 2 heteroatoms. The standard InChI is InChI=1S/C14H28N2/c1-12-6-3-7-14(13(12)2)16-10-4-8-15-9-5-11-16/h12-15H,3-11H2,1-2H3. The van der Waals surface area contributed by atoms with Crippen LogP contribution in [-0.2, 0) is 0 Å². The highest BCUT2D eigenvalue weighted by atomic mass is 15.2. The fourth-order valence-electron chi connectivity index (χ4n) is 3.45. The molecule has 3 unspecified atom stereocenters. The Morgan fingerprint density at radius 1 is 0.938 bits per heavy atom. The Bertz CT molecular complexity index is 197. The van der Waals surface area contributed by atoms with Crippen LogP contribution < -0.4 is 5.32 Å². The second-order valence-electron chi connectivity index (χ2n) is 5.83. The molecule has 1 heterocycles. The summed E-state index contributed by atoms with van der Waals surface area (Å²) in [4.78, 5) is 2.79. The molecular weight excluding hydrogens is 196 g/mol. The van der Waals surface area contributed by atoms with Crippen molar-refractivity contribution in [3.63, 3.8) is 0 Å². The Balaban J connectivity index is 1.92. The van der Waals surface area contributed by atoms with E-state index < -0.39 is 0 Å². The maximum Gasteiger partial charge on any atom is 0.0123 e. The van der Waals surface area contributed by atoms with E-state index in [2.05, 4.69) is 24.1 Å². The van der Waals surface area contributed by atoms with E-state index in [1.165, 1.54) is 58.3 Å². The molecule has 2 aliphatic rings. The molecular formula is C14H28N2. The lowest BCUT2D eigenvalue weighted by molar-refractivity contribution is 0.0758. The molecule has 0 radical (unpaired) electrons. The molecule has 1 aliphatic heterocycles. The third-order valence-electron chi connectivity index (χ3n) is 4.73. The van der Waals surface area contributed by atoms with Crippen molar-refractivity contribution in [2.45, 2.75) is 52.0 Å². The monoisotopic (exact) mass is 224 g/mol. The van der Waals surface area contributed by atoms with E-state index in [1.54, 1.807) is 0 Å². The van der Waals surface area contributed by atoms with E-state index in [0.717, 1.165) is 17.9 Å². The van der Waals surface area contributed by atoms with Gasteiger partial charge in [0.1, 0.15) is 0 Å². The lowest BCUT2D eigenvalue weighted by atomic mass is 9.77. The summed E-state index contributed by atoms with van der Waals surface area (Å²) in [6.45, 7) is 9.98. The molecule has 1 saturated heterocycles. The van der Waals surface area contributed by atoms with E-state index in [1.807, 2.05) is 0 Å². The maximum absolute atomic E-state index is 3.50. The highest BCUT2D eigenvalue weighted by Crippen LogP contribution is 2.33. The normalized spacial score (nSPS) is 39.0. The predicted molar refractivity (Wildman–Crippen MR) is 69.6 cm³/mol. The maximum atomic E-state index is 3.50. The van der Waals surface area contributed by atoms with E-state index in [4.69, 9.17) is 0 Å². The van der Waals surface area contributed by atoms with Gasteiger partial charge in [0.05, 0.1) is 0 Å². The van der Waals surface area contributed by atoms with Gasteiger partial charge in [-0.15, -0.1) is 0 Å². The van der Waals surface area contributed by atoms with Crippen molar-refractivity contribution in [2.24, 2.45) is 11.8 Å². The van der Waals surface area contributed by atoms with Gasteiger partial charge in [-0.25, -0.2) is 0 Å². The topological polar surface area (TPSA) is 15.3 Å². The third-order valence-corrected chi connectivity index (χ3v) is 4.73. The summed E-state index contributed by atoms with van der Waals surface area (Å²) in [6, 6.07) is 0.877. The van der Waals surface area contributed by atoms with Gasteiger partial charge in [-0.2, -0.15) is 0 Å². The highest BCUT2D eigenvalue weighted by molar-refractivity contribution is 4.85. The summed E-state index contributed by atoms with van der Waals surface area (Å²) >= 11 is 0. The summed E-state index contributed by atoms with van der Waals surface area (Å²) in [6.07, 6.45) is 7.01. The quantitative estimate of drug-likeness (QED) is 0.736.